The average molecular weight is 483 g/mol. The molecule has 0 aliphatic rings. The number of nitrogens with zero attached hydrogens (tertiary/aromatic N) is 2. The Kier molecular flexibility index (Phi) is 6.29. The Labute approximate surface area is 200 Å². The molecule has 4 aromatic rings. The lowest BCUT2D eigenvalue weighted by Gasteiger charge is -2.16. The number of aliphatic hydroxyl groups excluding tert-OH is 1. The van der Waals surface area contributed by atoms with Crippen molar-refractivity contribution in [2.24, 2.45) is 0 Å². The van der Waals surface area contributed by atoms with Gasteiger partial charge >= 0.3 is 12.2 Å². The normalized spacial score (nSPS) is 13.0. The van der Waals surface area contributed by atoms with Crippen molar-refractivity contribution in [1.29, 1.82) is 0 Å². The van der Waals surface area contributed by atoms with Crippen LogP contribution in [0.25, 0.3) is 16.5 Å². The summed E-state index contributed by atoms with van der Waals surface area (Å²) in [6.45, 7) is 5.88. The molecule has 35 heavy (non-hydrogen) atoms. The van der Waals surface area contributed by atoms with Gasteiger partial charge in [-0.25, -0.2) is 9.48 Å². The molecule has 0 saturated carbocycles. The number of anilines is 2. The van der Waals surface area contributed by atoms with Crippen molar-refractivity contribution in [2.75, 3.05) is 10.6 Å². The summed E-state index contributed by atoms with van der Waals surface area (Å²) in [4.78, 5) is 12.9. The predicted octanol–water partition coefficient (Wildman–Crippen LogP) is 6.56. The summed E-state index contributed by atoms with van der Waals surface area (Å²) >= 11 is 0. The van der Waals surface area contributed by atoms with E-state index in [1.54, 1.807) is 12.1 Å². The Bertz CT molecular complexity index is 1350. The van der Waals surface area contributed by atoms with Gasteiger partial charge < -0.3 is 10.4 Å². The minimum absolute atomic E-state index is 0.285. The lowest BCUT2D eigenvalue weighted by molar-refractivity contribution is -0.206. The number of fused-ring (bicyclic) bond motifs is 1. The highest BCUT2D eigenvalue weighted by Gasteiger charge is 2.39. The van der Waals surface area contributed by atoms with Crippen molar-refractivity contribution in [1.82, 2.24) is 9.78 Å². The third-order valence-corrected chi connectivity index (χ3v) is 5.52. The highest BCUT2D eigenvalue weighted by molar-refractivity contribution is 6.06. The van der Waals surface area contributed by atoms with Gasteiger partial charge in [-0.15, -0.1) is 0 Å². The highest BCUT2D eigenvalue weighted by atomic mass is 19.4. The van der Waals surface area contributed by atoms with Crippen molar-refractivity contribution < 1.29 is 23.1 Å². The van der Waals surface area contributed by atoms with Gasteiger partial charge in [0.1, 0.15) is 5.82 Å². The average Bonchev–Trinajstić information content (AvgIpc) is 3.22. The van der Waals surface area contributed by atoms with Gasteiger partial charge in [0.15, 0.2) is 6.10 Å². The summed E-state index contributed by atoms with van der Waals surface area (Å²) in [6, 6.07) is 19.7. The van der Waals surface area contributed by atoms with Crippen LogP contribution in [0.2, 0.25) is 0 Å². The molecule has 0 fully saturated rings. The number of alkyl halides is 3. The van der Waals surface area contributed by atoms with Gasteiger partial charge in [-0.1, -0.05) is 69.3 Å². The van der Waals surface area contributed by atoms with E-state index in [0.717, 1.165) is 10.8 Å². The van der Waals surface area contributed by atoms with Gasteiger partial charge in [0, 0.05) is 16.9 Å². The van der Waals surface area contributed by atoms with E-state index in [-0.39, 0.29) is 11.0 Å². The molecule has 0 bridgehead atoms. The lowest BCUT2D eigenvalue weighted by atomic mass is 9.92. The molecule has 0 aliphatic carbocycles. The second kappa shape index (κ2) is 9.07. The van der Waals surface area contributed by atoms with Gasteiger partial charge in [-0.3, -0.25) is 5.32 Å². The van der Waals surface area contributed by atoms with Crippen LogP contribution < -0.4 is 10.6 Å². The van der Waals surface area contributed by atoms with Crippen LogP contribution in [0.15, 0.2) is 72.8 Å². The molecule has 0 spiro atoms. The van der Waals surface area contributed by atoms with Gasteiger partial charge in [-0.05, 0) is 29.1 Å². The largest absolute Gasteiger partial charge is 0.418 e. The first-order chi connectivity index (χ1) is 16.4. The van der Waals surface area contributed by atoms with Crippen LogP contribution in [0.4, 0.5) is 29.5 Å². The van der Waals surface area contributed by atoms with Crippen LogP contribution in [0, 0.1) is 0 Å². The topological polar surface area (TPSA) is 79.2 Å². The molecule has 1 unspecified atom stereocenters. The summed E-state index contributed by atoms with van der Waals surface area (Å²) in [5.74, 6) is 0.344. The summed E-state index contributed by atoms with van der Waals surface area (Å²) < 4.78 is 40.0. The van der Waals surface area contributed by atoms with Gasteiger partial charge in [0.05, 0.1) is 17.1 Å². The molecule has 6 nitrogen and oxygen atoms in total. The second-order valence-corrected chi connectivity index (χ2v) is 9.22. The molecule has 3 aromatic carbocycles. The Morgan fingerprint density at radius 2 is 1.60 bits per heavy atom. The van der Waals surface area contributed by atoms with E-state index in [9.17, 15) is 23.1 Å². The van der Waals surface area contributed by atoms with E-state index in [4.69, 9.17) is 0 Å². The number of nitrogens with one attached hydrogen (secondary N) is 2. The number of benzene rings is 3. The Morgan fingerprint density at radius 1 is 0.943 bits per heavy atom. The number of urea groups is 1. The standard InChI is InChI=1S/C26H25F3N4O2/c1-25(2,3)21-15-22(31-24(35)30-20-10-6-8-16-7-4-5-9-19(16)20)33(32-21)18-13-11-17(12-14-18)23(34)26(27,28)29/h4-15,23,34H,1-3H3,(H2,30,31,35). The highest BCUT2D eigenvalue weighted by Crippen LogP contribution is 2.33. The number of aliphatic hydroxyl groups is 1. The SMILES string of the molecule is CC(C)(C)c1cc(NC(=O)Nc2cccc3ccccc23)n(-c2ccc(C(O)C(F)(F)F)cc2)n1. The summed E-state index contributed by atoms with van der Waals surface area (Å²) in [5.41, 5.74) is 1.11. The number of hydrogen-bond donors (Lipinski definition) is 3. The molecular weight excluding hydrogens is 457 g/mol. The van der Waals surface area contributed by atoms with Crippen molar-refractivity contribution in [2.45, 2.75) is 38.5 Å². The third kappa shape index (κ3) is 5.30. The number of amides is 2. The van der Waals surface area contributed by atoms with Gasteiger partial charge in [0.25, 0.3) is 0 Å². The lowest BCUT2D eigenvalue weighted by Crippen LogP contribution is -2.21. The van der Waals surface area contributed by atoms with E-state index >= 15 is 0 Å². The number of aromatic nitrogens is 2. The summed E-state index contributed by atoms with van der Waals surface area (Å²) in [6.07, 6.45) is -7.35. The Balaban J connectivity index is 1.64. The summed E-state index contributed by atoms with van der Waals surface area (Å²) in [5, 5.41) is 21.6. The van der Waals surface area contributed by atoms with Gasteiger partial charge in [-0.2, -0.15) is 18.3 Å². The third-order valence-electron chi connectivity index (χ3n) is 5.52. The smallest absolute Gasteiger partial charge is 0.379 e. The molecule has 1 atom stereocenters. The maximum Gasteiger partial charge on any atom is 0.418 e. The minimum Gasteiger partial charge on any atom is -0.379 e. The van der Waals surface area contributed by atoms with E-state index in [1.165, 1.54) is 28.9 Å². The van der Waals surface area contributed by atoms with Crippen LogP contribution in [0.5, 0.6) is 0 Å². The molecule has 0 aliphatic heterocycles. The van der Waals surface area contributed by atoms with E-state index < -0.39 is 18.3 Å². The molecule has 0 radical (unpaired) electrons. The molecule has 9 heteroatoms. The Morgan fingerprint density at radius 3 is 2.26 bits per heavy atom. The number of rotatable bonds is 4. The van der Waals surface area contributed by atoms with E-state index in [1.807, 2.05) is 57.2 Å². The van der Waals surface area contributed by atoms with Gasteiger partial charge in [0.2, 0.25) is 0 Å². The molecule has 2 amide bonds. The van der Waals surface area contributed by atoms with Crippen molar-refractivity contribution in [3.05, 3.63) is 84.1 Å². The zero-order valence-corrected chi connectivity index (χ0v) is 19.4. The van der Waals surface area contributed by atoms with Crippen LogP contribution in [0.1, 0.15) is 38.1 Å². The number of halogens is 3. The monoisotopic (exact) mass is 482 g/mol. The zero-order valence-electron chi connectivity index (χ0n) is 19.4. The second-order valence-electron chi connectivity index (χ2n) is 9.22. The van der Waals surface area contributed by atoms with Crippen LogP contribution >= 0.6 is 0 Å². The van der Waals surface area contributed by atoms with Crippen LogP contribution in [0.3, 0.4) is 0 Å². The predicted molar refractivity (Wildman–Crippen MR) is 130 cm³/mol. The zero-order chi connectivity index (χ0) is 25.4. The fraction of sp³-hybridized carbons (Fsp3) is 0.231. The minimum atomic E-state index is -4.76. The fourth-order valence-electron chi connectivity index (χ4n) is 3.62. The number of carbonyl (C=O) groups excluding carboxylic acids is 1. The molecular formula is C26H25F3N4O2. The van der Waals surface area contributed by atoms with Crippen LogP contribution in [-0.2, 0) is 5.41 Å². The van der Waals surface area contributed by atoms with E-state index in [0.29, 0.717) is 22.9 Å². The summed E-state index contributed by atoms with van der Waals surface area (Å²) in [7, 11) is 0. The van der Waals surface area contributed by atoms with Crippen LogP contribution in [-0.4, -0.2) is 27.1 Å². The maximum absolute atomic E-state index is 12.9. The first-order valence-electron chi connectivity index (χ1n) is 10.9. The Hall–Kier alpha value is -3.85. The first kappa shape index (κ1) is 24.3. The number of carbonyl (C=O) groups is 1. The maximum atomic E-state index is 12.9. The quantitative estimate of drug-likeness (QED) is 0.308. The van der Waals surface area contributed by atoms with Crippen molar-refractivity contribution in [3.8, 4) is 5.69 Å². The molecule has 0 saturated heterocycles. The molecule has 4 rings (SSSR count). The number of hydrogen-bond acceptors (Lipinski definition) is 3. The fourth-order valence-corrected chi connectivity index (χ4v) is 3.62. The molecule has 3 N–H and O–H groups in total. The van der Waals surface area contributed by atoms with E-state index in [2.05, 4.69) is 15.7 Å². The molecule has 1 heterocycles. The molecule has 1 aromatic heterocycles. The molecule has 182 valence electrons. The van der Waals surface area contributed by atoms with Crippen molar-refractivity contribution >= 4 is 28.3 Å². The van der Waals surface area contributed by atoms with Crippen molar-refractivity contribution in [3.63, 3.8) is 0 Å². The first-order valence-corrected chi connectivity index (χ1v) is 10.9.